The predicted molar refractivity (Wildman–Crippen MR) is 50.0 cm³/mol. The minimum absolute atomic E-state index is 0.449. The first-order chi connectivity index (χ1) is 5.11. The van der Waals surface area contributed by atoms with E-state index in [-0.39, 0.29) is 0 Å². The van der Waals surface area contributed by atoms with Crippen LogP contribution in [0.1, 0.15) is 33.6 Å². The molecule has 11 heavy (non-hydrogen) atoms. The molecular formula is C9H18OS. The molecule has 0 aromatic heterocycles. The standard InChI is InChI=1S/C9H18OS/c1-7(2)9-5-4-8(3)11(10)6-9/h7-9H,4-6H2,1-3H3/t8-,9?,11?/m0/s1. The van der Waals surface area contributed by atoms with Crippen molar-refractivity contribution >= 4 is 10.8 Å². The molecule has 0 amide bonds. The molecule has 0 aromatic carbocycles. The smallest absolute Gasteiger partial charge is 0.0320 e. The van der Waals surface area contributed by atoms with Gasteiger partial charge in [0.1, 0.15) is 0 Å². The maximum Gasteiger partial charge on any atom is 0.0320 e. The van der Waals surface area contributed by atoms with Gasteiger partial charge in [-0.25, -0.2) is 0 Å². The van der Waals surface area contributed by atoms with Crippen LogP contribution < -0.4 is 0 Å². The lowest BCUT2D eigenvalue weighted by molar-refractivity contribution is 0.372. The van der Waals surface area contributed by atoms with Crippen LogP contribution in [0.2, 0.25) is 0 Å². The van der Waals surface area contributed by atoms with Crippen molar-refractivity contribution in [1.82, 2.24) is 0 Å². The molecule has 0 N–H and O–H groups in total. The largest absolute Gasteiger partial charge is 0.259 e. The van der Waals surface area contributed by atoms with Gasteiger partial charge in [0.25, 0.3) is 0 Å². The SMILES string of the molecule is CC(C)C1CC[C@H](C)S(=O)C1. The Labute approximate surface area is 72.0 Å². The second-order valence-electron chi connectivity index (χ2n) is 3.94. The summed E-state index contributed by atoms with van der Waals surface area (Å²) in [7, 11) is -0.536. The van der Waals surface area contributed by atoms with Gasteiger partial charge in [0, 0.05) is 21.8 Å². The summed E-state index contributed by atoms with van der Waals surface area (Å²) in [5.74, 6) is 2.37. The fourth-order valence-corrected chi connectivity index (χ4v) is 3.27. The molecule has 1 heterocycles. The number of hydrogen-bond donors (Lipinski definition) is 0. The Balaban J connectivity index is 2.46. The Hall–Kier alpha value is 0.150. The van der Waals surface area contributed by atoms with Gasteiger partial charge in [0.05, 0.1) is 0 Å². The molecule has 2 unspecified atom stereocenters. The van der Waals surface area contributed by atoms with Gasteiger partial charge in [0.15, 0.2) is 0 Å². The summed E-state index contributed by atoms with van der Waals surface area (Å²) in [6.07, 6.45) is 2.44. The third-order valence-electron chi connectivity index (χ3n) is 2.71. The summed E-state index contributed by atoms with van der Waals surface area (Å²) in [6.45, 7) is 6.57. The molecule has 0 aliphatic carbocycles. The maximum absolute atomic E-state index is 11.4. The van der Waals surface area contributed by atoms with Crippen LogP contribution in [0.5, 0.6) is 0 Å². The first-order valence-electron chi connectivity index (χ1n) is 4.48. The van der Waals surface area contributed by atoms with Crippen molar-refractivity contribution < 1.29 is 4.21 Å². The molecule has 1 saturated heterocycles. The van der Waals surface area contributed by atoms with E-state index in [9.17, 15) is 4.21 Å². The van der Waals surface area contributed by atoms with Gasteiger partial charge in [0.2, 0.25) is 0 Å². The highest BCUT2D eigenvalue weighted by Gasteiger charge is 2.25. The zero-order valence-corrected chi connectivity index (χ0v) is 8.49. The van der Waals surface area contributed by atoms with E-state index in [4.69, 9.17) is 0 Å². The van der Waals surface area contributed by atoms with Gasteiger partial charge in [-0.15, -0.1) is 0 Å². The first-order valence-corrected chi connectivity index (χ1v) is 5.86. The topological polar surface area (TPSA) is 17.1 Å². The molecular weight excluding hydrogens is 156 g/mol. The van der Waals surface area contributed by atoms with E-state index in [0.29, 0.717) is 17.1 Å². The lowest BCUT2D eigenvalue weighted by Crippen LogP contribution is -2.29. The Morgan fingerprint density at radius 3 is 2.45 bits per heavy atom. The van der Waals surface area contributed by atoms with E-state index in [1.807, 2.05) is 0 Å². The quantitative estimate of drug-likeness (QED) is 0.595. The van der Waals surface area contributed by atoms with Gasteiger partial charge in [-0.05, 0) is 24.7 Å². The summed E-state index contributed by atoms with van der Waals surface area (Å²) >= 11 is 0. The highest BCUT2D eigenvalue weighted by atomic mass is 32.2. The van der Waals surface area contributed by atoms with E-state index < -0.39 is 10.8 Å². The molecule has 0 saturated carbocycles. The third kappa shape index (κ3) is 2.29. The van der Waals surface area contributed by atoms with E-state index in [2.05, 4.69) is 20.8 Å². The van der Waals surface area contributed by atoms with E-state index in [1.54, 1.807) is 0 Å². The summed E-state index contributed by atoms with van der Waals surface area (Å²) in [5, 5.41) is 0.449. The van der Waals surface area contributed by atoms with Gasteiger partial charge < -0.3 is 0 Å². The summed E-state index contributed by atoms with van der Waals surface area (Å²) in [4.78, 5) is 0. The maximum atomic E-state index is 11.4. The van der Waals surface area contributed by atoms with Crippen LogP contribution >= 0.6 is 0 Å². The molecule has 1 rings (SSSR count). The number of rotatable bonds is 1. The molecule has 3 atom stereocenters. The molecule has 2 heteroatoms. The molecule has 1 aliphatic rings. The lowest BCUT2D eigenvalue weighted by atomic mass is 9.92. The zero-order chi connectivity index (χ0) is 8.43. The van der Waals surface area contributed by atoms with Crippen molar-refractivity contribution in [2.24, 2.45) is 11.8 Å². The van der Waals surface area contributed by atoms with Crippen LogP contribution in [0.4, 0.5) is 0 Å². The van der Waals surface area contributed by atoms with Crippen molar-refractivity contribution in [1.29, 1.82) is 0 Å². The van der Waals surface area contributed by atoms with Gasteiger partial charge in [-0.3, -0.25) is 4.21 Å². The molecule has 0 radical (unpaired) electrons. The Bertz CT molecular complexity index is 154. The normalized spacial score (nSPS) is 39.5. The van der Waals surface area contributed by atoms with Crippen LogP contribution in [0.3, 0.4) is 0 Å². The first kappa shape index (κ1) is 9.24. The van der Waals surface area contributed by atoms with Crippen LogP contribution in [0.25, 0.3) is 0 Å². The Morgan fingerprint density at radius 1 is 1.36 bits per heavy atom. The molecule has 1 aliphatic heterocycles. The van der Waals surface area contributed by atoms with Crippen LogP contribution in [-0.4, -0.2) is 15.2 Å². The molecule has 1 nitrogen and oxygen atoms in total. The van der Waals surface area contributed by atoms with Crippen LogP contribution in [0, 0.1) is 11.8 Å². The van der Waals surface area contributed by atoms with Gasteiger partial charge in [-0.2, -0.15) is 0 Å². The minimum atomic E-state index is -0.536. The average molecular weight is 174 g/mol. The highest BCUT2D eigenvalue weighted by Crippen LogP contribution is 2.26. The fraction of sp³-hybridized carbons (Fsp3) is 1.00. The predicted octanol–water partition coefficient (Wildman–Crippen LogP) is 2.19. The Kier molecular flexibility index (Phi) is 3.11. The fourth-order valence-electron chi connectivity index (χ4n) is 1.56. The summed E-state index contributed by atoms with van der Waals surface area (Å²) in [6, 6.07) is 0. The molecule has 0 bridgehead atoms. The molecule has 0 aromatic rings. The van der Waals surface area contributed by atoms with Crippen molar-refractivity contribution in [3.8, 4) is 0 Å². The average Bonchev–Trinajstić information content (AvgIpc) is 1.94. The second kappa shape index (κ2) is 3.70. The van der Waals surface area contributed by atoms with Crippen LogP contribution in [0.15, 0.2) is 0 Å². The van der Waals surface area contributed by atoms with Crippen LogP contribution in [-0.2, 0) is 10.8 Å². The number of hydrogen-bond acceptors (Lipinski definition) is 1. The van der Waals surface area contributed by atoms with Crippen molar-refractivity contribution in [2.75, 3.05) is 5.75 Å². The molecule has 0 spiro atoms. The third-order valence-corrected chi connectivity index (χ3v) is 4.60. The Morgan fingerprint density at radius 2 is 2.00 bits per heavy atom. The zero-order valence-electron chi connectivity index (χ0n) is 7.67. The minimum Gasteiger partial charge on any atom is -0.259 e. The monoisotopic (exact) mass is 174 g/mol. The van der Waals surface area contributed by atoms with E-state index in [0.717, 1.165) is 12.2 Å². The van der Waals surface area contributed by atoms with E-state index in [1.165, 1.54) is 6.42 Å². The molecule has 66 valence electrons. The molecule has 1 fully saturated rings. The summed E-state index contributed by atoms with van der Waals surface area (Å²) in [5.41, 5.74) is 0. The van der Waals surface area contributed by atoms with E-state index >= 15 is 0 Å². The lowest BCUT2D eigenvalue weighted by Gasteiger charge is -2.28. The summed E-state index contributed by atoms with van der Waals surface area (Å²) < 4.78 is 11.4. The van der Waals surface area contributed by atoms with Crippen molar-refractivity contribution in [3.05, 3.63) is 0 Å². The van der Waals surface area contributed by atoms with Gasteiger partial charge in [-0.1, -0.05) is 20.8 Å². The van der Waals surface area contributed by atoms with Crippen molar-refractivity contribution in [2.45, 2.75) is 38.9 Å². The second-order valence-corrected chi connectivity index (χ2v) is 5.84. The van der Waals surface area contributed by atoms with Gasteiger partial charge >= 0.3 is 0 Å². The highest BCUT2D eigenvalue weighted by molar-refractivity contribution is 7.85. The van der Waals surface area contributed by atoms with Crippen molar-refractivity contribution in [3.63, 3.8) is 0 Å².